The van der Waals surface area contributed by atoms with E-state index in [0.717, 1.165) is 34.1 Å². The smallest absolute Gasteiger partial charge is 0.338 e. The Bertz CT molecular complexity index is 1040. The highest BCUT2D eigenvalue weighted by atomic mass is 32.2. The van der Waals surface area contributed by atoms with Crippen LogP contribution in [0.1, 0.15) is 36.1 Å². The number of likely N-dealkylation sites (N-methyl/N-ethyl adjacent to an activating group) is 1. The molecule has 3 rings (SSSR count). The topological polar surface area (TPSA) is 74.2 Å². The van der Waals surface area contributed by atoms with Crippen molar-refractivity contribution in [2.24, 2.45) is 4.99 Å². The van der Waals surface area contributed by atoms with E-state index in [2.05, 4.69) is 30.1 Å². The molecule has 0 saturated heterocycles. The molecule has 1 amide bonds. The van der Waals surface area contributed by atoms with Gasteiger partial charge >= 0.3 is 5.97 Å². The van der Waals surface area contributed by atoms with Crippen LogP contribution in [0.2, 0.25) is 0 Å². The van der Waals surface area contributed by atoms with Gasteiger partial charge in [0.2, 0.25) is 5.91 Å². The van der Waals surface area contributed by atoms with Gasteiger partial charge in [-0.05, 0) is 51.4 Å². The van der Waals surface area contributed by atoms with Crippen LogP contribution in [-0.4, -0.2) is 60.6 Å². The largest absolute Gasteiger partial charge is 0.458 e. The maximum atomic E-state index is 13.1. The molecule has 1 atom stereocenters. The van der Waals surface area contributed by atoms with Crippen LogP contribution in [0.25, 0.3) is 0 Å². The highest BCUT2D eigenvalue weighted by Gasteiger charge is 2.41. The van der Waals surface area contributed by atoms with Crippen molar-refractivity contribution < 1.29 is 14.3 Å². The lowest BCUT2D eigenvalue weighted by Crippen LogP contribution is -2.39. The van der Waals surface area contributed by atoms with Crippen molar-refractivity contribution in [2.45, 2.75) is 33.2 Å². The van der Waals surface area contributed by atoms with Gasteiger partial charge in [0, 0.05) is 18.8 Å². The third-order valence-electron chi connectivity index (χ3n) is 5.51. The van der Waals surface area contributed by atoms with E-state index in [1.54, 1.807) is 6.08 Å². The Balaban J connectivity index is 1.97. The lowest BCUT2D eigenvalue weighted by molar-refractivity contribution is -0.138. The fraction of sp³-hybridized carbons (Fsp3) is 0.400. The van der Waals surface area contributed by atoms with Crippen molar-refractivity contribution in [1.82, 2.24) is 15.1 Å². The number of rotatable bonds is 9. The summed E-state index contributed by atoms with van der Waals surface area (Å²) in [7, 11) is 3.93. The Hall–Kier alpha value is -2.84. The molecular formula is C25H32N4O3S. The van der Waals surface area contributed by atoms with Crippen LogP contribution in [0, 0.1) is 13.8 Å². The Labute approximate surface area is 200 Å². The van der Waals surface area contributed by atoms with Crippen molar-refractivity contribution in [3.63, 3.8) is 0 Å². The summed E-state index contributed by atoms with van der Waals surface area (Å²) in [5.74, 6) is -0.487. The van der Waals surface area contributed by atoms with Gasteiger partial charge < -0.3 is 19.9 Å². The number of allylic oxidation sites excluding steroid dienone is 1. The Morgan fingerprint density at radius 3 is 2.76 bits per heavy atom. The van der Waals surface area contributed by atoms with Crippen LogP contribution in [0.5, 0.6) is 0 Å². The van der Waals surface area contributed by atoms with Gasteiger partial charge in [-0.1, -0.05) is 48.2 Å². The van der Waals surface area contributed by atoms with Gasteiger partial charge in [0.15, 0.2) is 5.17 Å². The monoisotopic (exact) mass is 468 g/mol. The maximum absolute atomic E-state index is 13.1. The van der Waals surface area contributed by atoms with E-state index in [0.29, 0.717) is 17.8 Å². The minimum atomic E-state index is -0.425. The molecule has 1 unspecified atom stereocenters. The Morgan fingerprint density at radius 1 is 1.30 bits per heavy atom. The molecule has 176 valence electrons. The predicted octanol–water partition coefficient (Wildman–Crippen LogP) is 3.68. The molecule has 2 aliphatic heterocycles. The standard InChI is InChI=1S/C25H32N4O3S/c1-7-12-32-24(31)22-18(4)27-25-29(23(22)20-13-16(2)8-9-17(20)3)19(15-33-25)14-21(30)26-10-11-28(5)6/h7-9,13,15,23H,1,10-12,14H2,2-6H3,(H,26,30). The second-order valence-corrected chi connectivity index (χ2v) is 9.31. The Morgan fingerprint density at radius 2 is 2.06 bits per heavy atom. The quantitative estimate of drug-likeness (QED) is 0.440. The number of fused-ring (bicyclic) bond motifs is 1. The van der Waals surface area contributed by atoms with E-state index in [1.807, 2.05) is 50.1 Å². The molecule has 8 heteroatoms. The first kappa shape index (κ1) is 24.8. The van der Waals surface area contributed by atoms with Crippen molar-refractivity contribution >= 4 is 28.8 Å². The zero-order chi connectivity index (χ0) is 24.1. The van der Waals surface area contributed by atoms with Crippen molar-refractivity contribution in [2.75, 3.05) is 33.8 Å². The van der Waals surface area contributed by atoms with Gasteiger partial charge in [-0.15, -0.1) is 0 Å². The van der Waals surface area contributed by atoms with Crippen LogP contribution in [0.3, 0.4) is 0 Å². The van der Waals surface area contributed by atoms with Crippen LogP contribution >= 0.6 is 11.8 Å². The lowest BCUT2D eigenvalue weighted by atomic mass is 9.90. The highest BCUT2D eigenvalue weighted by molar-refractivity contribution is 8.16. The zero-order valence-corrected chi connectivity index (χ0v) is 20.8. The predicted molar refractivity (Wildman–Crippen MR) is 134 cm³/mol. The van der Waals surface area contributed by atoms with E-state index >= 15 is 0 Å². The SMILES string of the molecule is C=CCOC(=O)C1=C(C)N=C2SC=C(CC(=O)NCCN(C)C)N2C1c1cc(C)ccc1C. The number of thioether (sulfide) groups is 1. The summed E-state index contributed by atoms with van der Waals surface area (Å²) in [6.07, 6.45) is 1.75. The number of carbonyl (C=O) groups excluding carboxylic acids is 2. The first-order chi connectivity index (χ1) is 15.7. The van der Waals surface area contributed by atoms with E-state index in [-0.39, 0.29) is 18.9 Å². The molecule has 1 aromatic carbocycles. The van der Waals surface area contributed by atoms with Gasteiger partial charge in [-0.2, -0.15) is 0 Å². The van der Waals surface area contributed by atoms with Crippen LogP contribution < -0.4 is 5.32 Å². The molecule has 7 nitrogen and oxygen atoms in total. The van der Waals surface area contributed by atoms with Gasteiger partial charge in [0.1, 0.15) is 6.61 Å². The number of ether oxygens (including phenoxy) is 1. The number of amidine groups is 1. The molecule has 1 N–H and O–H groups in total. The molecule has 33 heavy (non-hydrogen) atoms. The molecule has 0 bridgehead atoms. The summed E-state index contributed by atoms with van der Waals surface area (Å²) in [6.45, 7) is 11.0. The van der Waals surface area contributed by atoms with Gasteiger partial charge in [0.05, 0.1) is 23.7 Å². The summed E-state index contributed by atoms with van der Waals surface area (Å²) in [5, 5.41) is 5.68. The molecule has 0 radical (unpaired) electrons. The van der Waals surface area contributed by atoms with E-state index < -0.39 is 12.0 Å². The number of carbonyl (C=O) groups is 2. The second kappa shape index (κ2) is 10.9. The second-order valence-electron chi connectivity index (χ2n) is 8.47. The highest BCUT2D eigenvalue weighted by Crippen LogP contribution is 2.45. The molecule has 2 heterocycles. The van der Waals surface area contributed by atoms with Gasteiger partial charge in [0.25, 0.3) is 0 Å². The molecule has 0 aromatic heterocycles. The fourth-order valence-electron chi connectivity index (χ4n) is 3.84. The molecule has 0 spiro atoms. The summed E-state index contributed by atoms with van der Waals surface area (Å²) in [6, 6.07) is 5.77. The third kappa shape index (κ3) is 5.75. The minimum Gasteiger partial charge on any atom is -0.458 e. The zero-order valence-electron chi connectivity index (χ0n) is 20.0. The minimum absolute atomic E-state index is 0.0632. The van der Waals surface area contributed by atoms with Crippen LogP contribution in [0.15, 0.2) is 58.2 Å². The number of aryl methyl sites for hydroxylation is 2. The molecule has 0 saturated carbocycles. The van der Waals surface area contributed by atoms with Crippen molar-refractivity contribution in [3.8, 4) is 0 Å². The summed E-state index contributed by atoms with van der Waals surface area (Å²) in [4.78, 5) is 34.5. The summed E-state index contributed by atoms with van der Waals surface area (Å²) < 4.78 is 5.44. The average molecular weight is 469 g/mol. The number of amides is 1. The average Bonchev–Trinajstić information content (AvgIpc) is 3.14. The lowest BCUT2D eigenvalue weighted by Gasteiger charge is -2.37. The fourth-order valence-corrected chi connectivity index (χ4v) is 4.80. The van der Waals surface area contributed by atoms with Crippen molar-refractivity contribution in [3.05, 3.63) is 69.9 Å². The molecule has 0 aliphatic carbocycles. The molecule has 0 fully saturated rings. The molecule has 1 aromatic rings. The third-order valence-corrected chi connectivity index (χ3v) is 6.39. The maximum Gasteiger partial charge on any atom is 0.338 e. The number of nitrogens with zero attached hydrogens (tertiary/aromatic N) is 3. The first-order valence-corrected chi connectivity index (χ1v) is 11.8. The number of aliphatic imine (C=N–C) groups is 1. The number of benzene rings is 1. The molecular weight excluding hydrogens is 436 g/mol. The molecule has 2 aliphatic rings. The van der Waals surface area contributed by atoms with E-state index in [4.69, 9.17) is 9.73 Å². The van der Waals surface area contributed by atoms with Gasteiger partial charge in [-0.25, -0.2) is 9.79 Å². The van der Waals surface area contributed by atoms with Crippen LogP contribution in [-0.2, 0) is 14.3 Å². The van der Waals surface area contributed by atoms with Crippen molar-refractivity contribution in [1.29, 1.82) is 0 Å². The number of hydrogen-bond acceptors (Lipinski definition) is 7. The normalized spacial score (nSPS) is 17.5. The summed E-state index contributed by atoms with van der Waals surface area (Å²) in [5.41, 5.74) is 5.06. The number of nitrogens with one attached hydrogen (secondary N) is 1. The number of esters is 1. The van der Waals surface area contributed by atoms with E-state index in [9.17, 15) is 9.59 Å². The van der Waals surface area contributed by atoms with Crippen LogP contribution in [0.4, 0.5) is 0 Å². The Kier molecular flexibility index (Phi) is 8.15. The number of hydrogen-bond donors (Lipinski definition) is 1. The van der Waals surface area contributed by atoms with Gasteiger partial charge in [-0.3, -0.25) is 4.79 Å². The van der Waals surface area contributed by atoms with E-state index in [1.165, 1.54) is 11.8 Å². The summed E-state index contributed by atoms with van der Waals surface area (Å²) >= 11 is 1.47. The first-order valence-electron chi connectivity index (χ1n) is 10.9.